The highest BCUT2D eigenvalue weighted by Crippen LogP contribution is 2.30. The third-order valence-electron chi connectivity index (χ3n) is 3.75. The highest BCUT2D eigenvalue weighted by atomic mass is 19.1. The molecule has 1 aromatic rings. The van der Waals surface area contributed by atoms with Crippen LogP contribution in [0.1, 0.15) is 39.0 Å². The average Bonchev–Trinajstić information content (AvgIpc) is 2.88. The van der Waals surface area contributed by atoms with Crippen LogP contribution in [0.4, 0.5) is 15.8 Å². The molecule has 1 fully saturated rings. The van der Waals surface area contributed by atoms with Crippen LogP contribution in [0.3, 0.4) is 0 Å². The second-order valence-electron chi connectivity index (χ2n) is 5.17. The van der Waals surface area contributed by atoms with Crippen LogP contribution in [0.15, 0.2) is 12.1 Å². The zero-order chi connectivity index (χ0) is 13.7. The molecule has 1 aliphatic carbocycles. The first-order valence-electron chi connectivity index (χ1n) is 7.16. The molecule has 1 aliphatic rings. The maximum absolute atomic E-state index is 13.6. The van der Waals surface area contributed by atoms with E-state index >= 15 is 0 Å². The number of nitrogens with two attached hydrogens (primary N) is 1. The van der Waals surface area contributed by atoms with Crippen molar-refractivity contribution in [2.45, 2.75) is 39.0 Å². The molecule has 19 heavy (non-hydrogen) atoms. The van der Waals surface area contributed by atoms with E-state index in [1.807, 2.05) is 6.92 Å². The maximum atomic E-state index is 13.6. The van der Waals surface area contributed by atoms with Crippen molar-refractivity contribution in [3.8, 4) is 5.75 Å². The molecule has 0 aromatic heterocycles. The van der Waals surface area contributed by atoms with Gasteiger partial charge >= 0.3 is 0 Å². The van der Waals surface area contributed by atoms with Crippen molar-refractivity contribution < 1.29 is 9.13 Å². The topological polar surface area (TPSA) is 47.3 Å². The highest BCUT2D eigenvalue weighted by molar-refractivity contribution is 5.68. The molecule has 0 radical (unpaired) electrons. The first-order chi connectivity index (χ1) is 9.20. The van der Waals surface area contributed by atoms with Crippen LogP contribution in [0.5, 0.6) is 5.75 Å². The Labute approximate surface area is 114 Å². The third-order valence-corrected chi connectivity index (χ3v) is 3.75. The molecule has 0 spiro atoms. The number of benzene rings is 1. The van der Waals surface area contributed by atoms with Gasteiger partial charge in [-0.25, -0.2) is 4.39 Å². The zero-order valence-electron chi connectivity index (χ0n) is 11.5. The molecule has 0 saturated heterocycles. The Morgan fingerprint density at radius 3 is 2.79 bits per heavy atom. The Kier molecular flexibility index (Phi) is 4.88. The average molecular weight is 266 g/mol. The van der Waals surface area contributed by atoms with Gasteiger partial charge < -0.3 is 15.8 Å². The van der Waals surface area contributed by atoms with Crippen molar-refractivity contribution >= 4 is 11.4 Å². The van der Waals surface area contributed by atoms with Crippen LogP contribution in [0, 0.1) is 11.7 Å². The fraction of sp³-hybridized carbons (Fsp3) is 0.600. The predicted molar refractivity (Wildman–Crippen MR) is 77.0 cm³/mol. The highest BCUT2D eigenvalue weighted by Gasteiger charge is 2.15. The molecule has 0 heterocycles. The third kappa shape index (κ3) is 3.75. The molecular weight excluding hydrogens is 243 g/mol. The van der Waals surface area contributed by atoms with E-state index in [9.17, 15) is 4.39 Å². The van der Waals surface area contributed by atoms with Gasteiger partial charge in [-0.05, 0) is 19.3 Å². The number of hydrogen-bond donors (Lipinski definition) is 2. The molecule has 106 valence electrons. The van der Waals surface area contributed by atoms with Gasteiger partial charge in [0.15, 0.2) is 11.6 Å². The molecule has 0 bridgehead atoms. The van der Waals surface area contributed by atoms with Gasteiger partial charge in [0.25, 0.3) is 0 Å². The molecular formula is C15H23FN2O. The number of hydrogen-bond acceptors (Lipinski definition) is 3. The van der Waals surface area contributed by atoms with Crippen LogP contribution >= 0.6 is 0 Å². The smallest absolute Gasteiger partial charge is 0.167 e. The van der Waals surface area contributed by atoms with Crippen LogP contribution in [0.2, 0.25) is 0 Å². The first-order valence-corrected chi connectivity index (χ1v) is 7.16. The van der Waals surface area contributed by atoms with Crippen molar-refractivity contribution in [1.82, 2.24) is 0 Å². The molecule has 2 rings (SSSR count). The van der Waals surface area contributed by atoms with Gasteiger partial charge in [-0.1, -0.05) is 25.7 Å². The SMILES string of the molecule is CCOc1cc(NCCC2CCCC2)c(N)cc1F. The molecule has 1 saturated carbocycles. The van der Waals surface area contributed by atoms with Gasteiger partial charge in [-0.2, -0.15) is 0 Å². The summed E-state index contributed by atoms with van der Waals surface area (Å²) in [5, 5.41) is 3.29. The summed E-state index contributed by atoms with van der Waals surface area (Å²) < 4.78 is 18.8. The summed E-state index contributed by atoms with van der Waals surface area (Å²) in [5.41, 5.74) is 7.03. The van der Waals surface area contributed by atoms with E-state index in [-0.39, 0.29) is 5.75 Å². The summed E-state index contributed by atoms with van der Waals surface area (Å²) in [6, 6.07) is 2.98. The molecule has 0 aliphatic heterocycles. The van der Waals surface area contributed by atoms with Crippen molar-refractivity contribution in [3.63, 3.8) is 0 Å². The van der Waals surface area contributed by atoms with Crippen LogP contribution in [-0.2, 0) is 0 Å². The molecule has 3 nitrogen and oxygen atoms in total. The number of rotatable bonds is 6. The Bertz CT molecular complexity index is 417. The van der Waals surface area contributed by atoms with Gasteiger partial charge in [0.05, 0.1) is 18.0 Å². The summed E-state index contributed by atoms with van der Waals surface area (Å²) in [5.74, 6) is 0.696. The summed E-state index contributed by atoms with van der Waals surface area (Å²) >= 11 is 0. The normalized spacial score (nSPS) is 15.7. The summed E-state index contributed by atoms with van der Waals surface area (Å²) in [4.78, 5) is 0. The van der Waals surface area contributed by atoms with Gasteiger partial charge in [0.1, 0.15) is 0 Å². The van der Waals surface area contributed by atoms with Crippen molar-refractivity contribution in [2.24, 2.45) is 5.92 Å². The quantitative estimate of drug-likeness (QED) is 0.770. The number of nitrogen functional groups attached to an aromatic ring is 1. The number of ether oxygens (including phenoxy) is 1. The fourth-order valence-electron chi connectivity index (χ4n) is 2.70. The lowest BCUT2D eigenvalue weighted by atomic mass is 10.0. The number of anilines is 2. The van der Waals surface area contributed by atoms with Crippen LogP contribution < -0.4 is 15.8 Å². The van der Waals surface area contributed by atoms with Gasteiger partial charge in [-0.15, -0.1) is 0 Å². The standard InChI is InChI=1S/C15H23FN2O/c1-2-19-15-10-14(13(17)9-12(15)16)18-8-7-11-5-3-4-6-11/h9-11,18H,2-8,17H2,1H3. The van der Waals surface area contributed by atoms with E-state index in [2.05, 4.69) is 5.32 Å². The van der Waals surface area contributed by atoms with E-state index in [0.717, 1.165) is 24.6 Å². The van der Waals surface area contributed by atoms with Crippen LogP contribution in [-0.4, -0.2) is 13.2 Å². The van der Waals surface area contributed by atoms with E-state index in [1.54, 1.807) is 6.07 Å². The van der Waals surface area contributed by atoms with E-state index in [0.29, 0.717) is 12.3 Å². The van der Waals surface area contributed by atoms with Gasteiger partial charge in [0.2, 0.25) is 0 Å². The van der Waals surface area contributed by atoms with Crippen LogP contribution in [0.25, 0.3) is 0 Å². The molecule has 0 amide bonds. The van der Waals surface area contributed by atoms with Gasteiger partial charge in [0, 0.05) is 18.7 Å². The molecule has 0 atom stereocenters. The number of halogens is 1. The summed E-state index contributed by atoms with van der Waals surface area (Å²) in [6.07, 6.45) is 6.55. The van der Waals surface area contributed by atoms with E-state index in [4.69, 9.17) is 10.5 Å². The first kappa shape index (κ1) is 14.0. The minimum Gasteiger partial charge on any atom is -0.491 e. The largest absolute Gasteiger partial charge is 0.491 e. The minimum atomic E-state index is -0.402. The minimum absolute atomic E-state index is 0.264. The molecule has 1 aromatic carbocycles. The Morgan fingerprint density at radius 2 is 2.11 bits per heavy atom. The monoisotopic (exact) mass is 266 g/mol. The maximum Gasteiger partial charge on any atom is 0.167 e. The van der Waals surface area contributed by atoms with Crippen molar-refractivity contribution in [2.75, 3.05) is 24.2 Å². The van der Waals surface area contributed by atoms with E-state index < -0.39 is 5.82 Å². The zero-order valence-corrected chi connectivity index (χ0v) is 11.5. The number of nitrogens with one attached hydrogen (secondary N) is 1. The second kappa shape index (κ2) is 6.64. The van der Waals surface area contributed by atoms with Crippen molar-refractivity contribution in [1.29, 1.82) is 0 Å². The van der Waals surface area contributed by atoms with Gasteiger partial charge in [-0.3, -0.25) is 0 Å². The molecule has 4 heteroatoms. The molecule has 3 N–H and O–H groups in total. The fourth-order valence-corrected chi connectivity index (χ4v) is 2.70. The van der Waals surface area contributed by atoms with E-state index in [1.165, 1.54) is 31.7 Å². The molecule has 0 unspecified atom stereocenters. The Balaban J connectivity index is 1.92. The second-order valence-corrected chi connectivity index (χ2v) is 5.17. The summed E-state index contributed by atoms with van der Waals surface area (Å²) in [7, 11) is 0. The Hall–Kier alpha value is -1.45. The lowest BCUT2D eigenvalue weighted by molar-refractivity contribution is 0.322. The van der Waals surface area contributed by atoms with Crippen molar-refractivity contribution in [3.05, 3.63) is 17.9 Å². The Morgan fingerprint density at radius 1 is 1.37 bits per heavy atom. The summed E-state index contributed by atoms with van der Waals surface area (Å²) in [6.45, 7) is 3.16. The predicted octanol–water partition coefficient (Wildman–Crippen LogP) is 3.80. The lowest BCUT2D eigenvalue weighted by Crippen LogP contribution is -2.09. The lowest BCUT2D eigenvalue weighted by Gasteiger charge is -2.14.